The molecule has 22 heavy (non-hydrogen) atoms. The van der Waals surface area contributed by atoms with Crippen LogP contribution < -0.4 is 4.74 Å². The largest absolute Gasteiger partial charge is 0.492 e. The fourth-order valence-corrected chi connectivity index (χ4v) is 3.25. The Morgan fingerprint density at radius 2 is 1.32 bits per heavy atom. The van der Waals surface area contributed by atoms with Crippen LogP contribution in [0.15, 0.2) is 54.6 Å². The molecule has 114 valence electrons. The molecular weight excluding hydrogens is 336 g/mol. The lowest BCUT2D eigenvalue weighted by molar-refractivity contribution is 0.312. The molecule has 0 heterocycles. The van der Waals surface area contributed by atoms with Gasteiger partial charge in [0.05, 0.1) is 6.61 Å². The molecule has 0 spiro atoms. The summed E-state index contributed by atoms with van der Waals surface area (Å²) in [6.45, 7) is 0.792. The summed E-state index contributed by atoms with van der Waals surface area (Å²) in [5.41, 5.74) is 0. The van der Waals surface area contributed by atoms with Gasteiger partial charge < -0.3 is 4.74 Å². The van der Waals surface area contributed by atoms with Gasteiger partial charge in [-0.15, -0.1) is 0 Å². The topological polar surface area (TPSA) is 9.23 Å². The van der Waals surface area contributed by atoms with Crippen molar-refractivity contribution in [1.29, 1.82) is 0 Å². The SMILES string of the molecule is BrCCCCCCOc1c2ccccc2cc2ccccc12. The lowest BCUT2D eigenvalue weighted by Crippen LogP contribution is -1.99. The third kappa shape index (κ3) is 3.44. The van der Waals surface area contributed by atoms with Crippen LogP contribution in [-0.2, 0) is 0 Å². The number of rotatable bonds is 7. The zero-order valence-electron chi connectivity index (χ0n) is 12.7. The Kier molecular flexibility index (Phi) is 5.33. The first kappa shape index (κ1) is 15.4. The minimum atomic E-state index is 0.792. The summed E-state index contributed by atoms with van der Waals surface area (Å²) in [6.07, 6.45) is 4.86. The monoisotopic (exact) mass is 356 g/mol. The molecule has 0 amide bonds. The third-order valence-corrected chi connectivity index (χ3v) is 4.56. The normalized spacial score (nSPS) is 11.1. The minimum absolute atomic E-state index is 0.792. The Morgan fingerprint density at radius 1 is 0.727 bits per heavy atom. The first-order valence-electron chi connectivity index (χ1n) is 7.99. The van der Waals surface area contributed by atoms with Gasteiger partial charge in [0.15, 0.2) is 0 Å². The van der Waals surface area contributed by atoms with E-state index in [2.05, 4.69) is 70.5 Å². The van der Waals surface area contributed by atoms with Crippen LogP contribution in [0.5, 0.6) is 5.75 Å². The highest BCUT2D eigenvalue weighted by Gasteiger charge is 2.08. The molecule has 0 saturated carbocycles. The van der Waals surface area contributed by atoms with E-state index in [1.807, 2.05) is 0 Å². The lowest BCUT2D eigenvalue weighted by Gasteiger charge is -2.13. The first-order valence-corrected chi connectivity index (χ1v) is 9.11. The van der Waals surface area contributed by atoms with Crippen molar-refractivity contribution in [2.45, 2.75) is 25.7 Å². The van der Waals surface area contributed by atoms with Gasteiger partial charge in [0.25, 0.3) is 0 Å². The van der Waals surface area contributed by atoms with E-state index in [1.165, 1.54) is 40.8 Å². The predicted octanol–water partition coefficient (Wildman–Crippen LogP) is 6.33. The number of ether oxygens (including phenoxy) is 1. The van der Waals surface area contributed by atoms with Crippen LogP contribution in [0.4, 0.5) is 0 Å². The molecule has 0 aliphatic heterocycles. The Morgan fingerprint density at radius 3 is 1.95 bits per heavy atom. The number of hydrogen-bond donors (Lipinski definition) is 0. The molecular formula is C20H21BrO. The van der Waals surface area contributed by atoms with Crippen molar-refractivity contribution in [3.05, 3.63) is 54.6 Å². The van der Waals surface area contributed by atoms with Crippen molar-refractivity contribution in [2.75, 3.05) is 11.9 Å². The highest BCUT2D eigenvalue weighted by atomic mass is 79.9. The van der Waals surface area contributed by atoms with E-state index in [0.29, 0.717) is 0 Å². The van der Waals surface area contributed by atoms with Crippen LogP contribution in [0.1, 0.15) is 25.7 Å². The number of fused-ring (bicyclic) bond motifs is 2. The molecule has 0 aliphatic carbocycles. The van der Waals surface area contributed by atoms with E-state index < -0.39 is 0 Å². The molecule has 0 N–H and O–H groups in total. The third-order valence-electron chi connectivity index (χ3n) is 4.00. The van der Waals surface area contributed by atoms with Gasteiger partial charge in [0.1, 0.15) is 5.75 Å². The maximum atomic E-state index is 6.20. The Hall–Kier alpha value is -1.54. The van der Waals surface area contributed by atoms with Gasteiger partial charge in [0.2, 0.25) is 0 Å². The van der Waals surface area contributed by atoms with Gasteiger partial charge in [-0.3, -0.25) is 0 Å². The lowest BCUT2D eigenvalue weighted by atomic mass is 10.0. The second-order valence-corrected chi connectivity index (χ2v) is 6.39. The van der Waals surface area contributed by atoms with Crippen LogP contribution in [-0.4, -0.2) is 11.9 Å². The summed E-state index contributed by atoms with van der Waals surface area (Å²) in [5.74, 6) is 1.04. The van der Waals surface area contributed by atoms with E-state index in [9.17, 15) is 0 Å². The predicted molar refractivity (Wildman–Crippen MR) is 99.2 cm³/mol. The van der Waals surface area contributed by atoms with Crippen LogP contribution in [0.2, 0.25) is 0 Å². The molecule has 3 aromatic rings. The van der Waals surface area contributed by atoms with E-state index >= 15 is 0 Å². The highest BCUT2D eigenvalue weighted by Crippen LogP contribution is 2.34. The Balaban J connectivity index is 1.85. The average molecular weight is 357 g/mol. The maximum Gasteiger partial charge on any atom is 0.134 e. The van der Waals surface area contributed by atoms with Crippen molar-refractivity contribution < 1.29 is 4.74 Å². The second-order valence-electron chi connectivity index (χ2n) is 5.60. The van der Waals surface area contributed by atoms with E-state index in [4.69, 9.17) is 4.74 Å². The highest BCUT2D eigenvalue weighted by molar-refractivity contribution is 9.09. The molecule has 0 bridgehead atoms. The Bertz CT molecular complexity index is 697. The van der Waals surface area contributed by atoms with Crippen LogP contribution >= 0.6 is 15.9 Å². The minimum Gasteiger partial charge on any atom is -0.492 e. The molecule has 1 nitrogen and oxygen atoms in total. The summed E-state index contributed by atoms with van der Waals surface area (Å²) in [6, 6.07) is 19.2. The first-order chi connectivity index (χ1) is 10.9. The second kappa shape index (κ2) is 7.64. The molecule has 0 radical (unpaired) electrons. The van der Waals surface area contributed by atoms with Gasteiger partial charge in [-0.05, 0) is 29.7 Å². The fraction of sp³-hybridized carbons (Fsp3) is 0.300. The zero-order valence-corrected chi connectivity index (χ0v) is 14.3. The average Bonchev–Trinajstić information content (AvgIpc) is 2.57. The van der Waals surface area contributed by atoms with E-state index in [-0.39, 0.29) is 0 Å². The number of unbranched alkanes of at least 4 members (excludes halogenated alkanes) is 3. The fourth-order valence-electron chi connectivity index (χ4n) is 2.85. The maximum absolute atomic E-state index is 6.20. The molecule has 0 saturated heterocycles. The van der Waals surface area contributed by atoms with Crippen LogP contribution in [0, 0.1) is 0 Å². The molecule has 0 fully saturated rings. The van der Waals surface area contributed by atoms with Crippen molar-refractivity contribution >= 4 is 37.5 Å². The molecule has 2 heteroatoms. The van der Waals surface area contributed by atoms with Crippen LogP contribution in [0.3, 0.4) is 0 Å². The van der Waals surface area contributed by atoms with Gasteiger partial charge in [-0.2, -0.15) is 0 Å². The summed E-state index contributed by atoms with van der Waals surface area (Å²) >= 11 is 3.48. The molecule has 0 unspecified atom stereocenters. The summed E-state index contributed by atoms with van der Waals surface area (Å²) in [4.78, 5) is 0. The molecule has 0 atom stereocenters. The smallest absolute Gasteiger partial charge is 0.134 e. The van der Waals surface area contributed by atoms with Gasteiger partial charge in [-0.1, -0.05) is 77.3 Å². The standard InChI is InChI=1S/C20H21BrO/c21-13-7-1-2-8-14-22-20-18-11-5-3-9-16(18)15-17-10-4-6-12-19(17)20/h3-6,9-12,15H,1-2,7-8,13-14H2. The number of hydrogen-bond acceptors (Lipinski definition) is 1. The summed E-state index contributed by atoms with van der Waals surface area (Å²) in [7, 11) is 0. The number of alkyl halides is 1. The van der Waals surface area contributed by atoms with Crippen molar-refractivity contribution in [3.8, 4) is 5.75 Å². The van der Waals surface area contributed by atoms with E-state index in [0.717, 1.165) is 24.1 Å². The van der Waals surface area contributed by atoms with Crippen LogP contribution in [0.25, 0.3) is 21.5 Å². The Labute approximate surface area is 140 Å². The van der Waals surface area contributed by atoms with Crippen molar-refractivity contribution in [1.82, 2.24) is 0 Å². The van der Waals surface area contributed by atoms with Crippen molar-refractivity contribution in [2.24, 2.45) is 0 Å². The van der Waals surface area contributed by atoms with E-state index in [1.54, 1.807) is 0 Å². The number of halogens is 1. The molecule has 3 aromatic carbocycles. The zero-order chi connectivity index (χ0) is 15.2. The molecule has 0 aliphatic rings. The van der Waals surface area contributed by atoms with Gasteiger partial charge in [0, 0.05) is 16.1 Å². The molecule has 3 rings (SSSR count). The van der Waals surface area contributed by atoms with Crippen molar-refractivity contribution in [3.63, 3.8) is 0 Å². The summed E-state index contributed by atoms with van der Waals surface area (Å²) < 4.78 is 6.20. The summed E-state index contributed by atoms with van der Waals surface area (Å²) in [5, 5.41) is 6.01. The van der Waals surface area contributed by atoms with Gasteiger partial charge >= 0.3 is 0 Å². The number of benzene rings is 3. The van der Waals surface area contributed by atoms with Gasteiger partial charge in [-0.25, -0.2) is 0 Å². The quantitative estimate of drug-likeness (QED) is 0.273. The molecule has 0 aromatic heterocycles.